The van der Waals surface area contributed by atoms with Crippen LogP contribution in [0.3, 0.4) is 0 Å². The van der Waals surface area contributed by atoms with Crippen LogP contribution in [0.1, 0.15) is 51.7 Å². The zero-order valence-corrected chi connectivity index (χ0v) is 13.0. The minimum Gasteiger partial charge on any atom is -0.396 e. The molecule has 3 nitrogen and oxygen atoms in total. The third kappa shape index (κ3) is 4.67. The first-order chi connectivity index (χ1) is 8.34. The lowest BCUT2D eigenvalue weighted by molar-refractivity contribution is 0.183. The van der Waals surface area contributed by atoms with Crippen LogP contribution in [0.15, 0.2) is 5.38 Å². The smallest absolute Gasteiger partial charge is 0.0982 e. The van der Waals surface area contributed by atoms with Gasteiger partial charge in [0, 0.05) is 36.5 Å². The van der Waals surface area contributed by atoms with Crippen molar-refractivity contribution in [1.29, 1.82) is 0 Å². The summed E-state index contributed by atoms with van der Waals surface area (Å²) in [6.07, 6.45) is 0.828. The van der Waals surface area contributed by atoms with Crippen LogP contribution in [0.2, 0.25) is 0 Å². The van der Waals surface area contributed by atoms with Crippen molar-refractivity contribution in [3.63, 3.8) is 0 Å². The molecule has 104 valence electrons. The fraction of sp³-hybridized carbons (Fsp3) is 0.786. The van der Waals surface area contributed by atoms with Crippen LogP contribution in [-0.2, 0) is 12.0 Å². The van der Waals surface area contributed by atoms with Gasteiger partial charge in [0.1, 0.15) is 0 Å². The number of aromatic nitrogens is 1. The van der Waals surface area contributed by atoms with E-state index in [0.29, 0.717) is 6.04 Å². The fourth-order valence-corrected chi connectivity index (χ4v) is 2.62. The molecule has 0 saturated carbocycles. The van der Waals surface area contributed by atoms with Crippen LogP contribution in [-0.4, -0.2) is 34.2 Å². The van der Waals surface area contributed by atoms with E-state index < -0.39 is 0 Å². The number of thiazole rings is 1. The van der Waals surface area contributed by atoms with Gasteiger partial charge in [0.25, 0.3) is 0 Å². The van der Waals surface area contributed by atoms with Crippen LogP contribution in [0.4, 0.5) is 0 Å². The van der Waals surface area contributed by atoms with Gasteiger partial charge < -0.3 is 5.11 Å². The number of aliphatic hydroxyl groups excluding tert-OH is 1. The Morgan fingerprint density at radius 1 is 1.39 bits per heavy atom. The normalized spacial score (nSPS) is 12.7. The maximum Gasteiger partial charge on any atom is 0.0982 e. The molecule has 0 aliphatic heterocycles. The molecule has 0 amide bonds. The number of hydrogen-bond donors (Lipinski definition) is 1. The molecule has 0 aliphatic rings. The molecule has 0 aromatic carbocycles. The van der Waals surface area contributed by atoms with Crippen molar-refractivity contribution in [3.8, 4) is 0 Å². The molecular formula is C14H26N2OS. The molecular weight excluding hydrogens is 244 g/mol. The average molecular weight is 270 g/mol. The second-order valence-corrected chi connectivity index (χ2v) is 6.89. The highest BCUT2D eigenvalue weighted by Gasteiger charge is 2.19. The highest BCUT2D eigenvalue weighted by molar-refractivity contribution is 7.09. The average Bonchev–Trinajstić information content (AvgIpc) is 2.71. The summed E-state index contributed by atoms with van der Waals surface area (Å²) in [5, 5.41) is 12.3. The van der Waals surface area contributed by atoms with Crippen LogP contribution in [0.25, 0.3) is 0 Å². The number of rotatable bonds is 6. The summed E-state index contributed by atoms with van der Waals surface area (Å²) in [5.41, 5.74) is 1.29. The van der Waals surface area contributed by atoms with E-state index in [-0.39, 0.29) is 12.0 Å². The van der Waals surface area contributed by atoms with Gasteiger partial charge in [0.05, 0.1) is 10.7 Å². The minimum atomic E-state index is 0.136. The summed E-state index contributed by atoms with van der Waals surface area (Å²) >= 11 is 1.75. The second kappa shape index (κ2) is 6.64. The van der Waals surface area contributed by atoms with Gasteiger partial charge in [-0.2, -0.15) is 0 Å². The third-order valence-corrected chi connectivity index (χ3v) is 4.21. The van der Waals surface area contributed by atoms with Gasteiger partial charge in [0.15, 0.2) is 0 Å². The molecule has 1 aromatic rings. The van der Waals surface area contributed by atoms with Crippen LogP contribution in [0.5, 0.6) is 0 Å². The third-order valence-electron chi connectivity index (χ3n) is 2.89. The second-order valence-electron chi connectivity index (χ2n) is 6.04. The molecule has 1 N–H and O–H groups in total. The molecule has 0 saturated heterocycles. The van der Waals surface area contributed by atoms with E-state index in [4.69, 9.17) is 10.1 Å². The summed E-state index contributed by atoms with van der Waals surface area (Å²) in [4.78, 5) is 7.08. The Balaban J connectivity index is 2.66. The van der Waals surface area contributed by atoms with Gasteiger partial charge in [0.2, 0.25) is 0 Å². The summed E-state index contributed by atoms with van der Waals surface area (Å²) in [6.45, 7) is 13.0. The van der Waals surface area contributed by atoms with Crippen molar-refractivity contribution >= 4 is 11.3 Å². The van der Waals surface area contributed by atoms with Crippen molar-refractivity contribution in [2.45, 2.75) is 59.0 Å². The highest BCUT2D eigenvalue weighted by Crippen LogP contribution is 2.26. The largest absolute Gasteiger partial charge is 0.396 e. The summed E-state index contributed by atoms with van der Waals surface area (Å²) in [5.74, 6) is 0. The molecule has 1 heterocycles. The molecule has 0 fully saturated rings. The Hall–Kier alpha value is -0.450. The van der Waals surface area contributed by atoms with Gasteiger partial charge in [-0.25, -0.2) is 4.98 Å². The summed E-state index contributed by atoms with van der Waals surface area (Å²) < 4.78 is 0. The fourth-order valence-electron chi connectivity index (χ4n) is 1.73. The van der Waals surface area contributed by atoms with Gasteiger partial charge in [-0.15, -0.1) is 11.3 Å². The number of nitrogens with zero attached hydrogens (tertiary/aromatic N) is 2. The van der Waals surface area contributed by atoms with E-state index in [1.807, 2.05) is 0 Å². The Morgan fingerprint density at radius 2 is 2.06 bits per heavy atom. The highest BCUT2D eigenvalue weighted by atomic mass is 32.1. The molecule has 0 atom stereocenters. The lowest BCUT2D eigenvalue weighted by Gasteiger charge is -2.25. The van der Waals surface area contributed by atoms with Crippen LogP contribution < -0.4 is 0 Å². The SMILES string of the molecule is CC(C)N(CCCO)Cc1csc(C(C)(C)C)n1. The number of hydrogen-bond acceptors (Lipinski definition) is 4. The Morgan fingerprint density at radius 3 is 2.50 bits per heavy atom. The van der Waals surface area contributed by atoms with E-state index in [9.17, 15) is 0 Å². The minimum absolute atomic E-state index is 0.136. The van der Waals surface area contributed by atoms with Gasteiger partial charge in [-0.05, 0) is 20.3 Å². The summed E-state index contributed by atoms with van der Waals surface area (Å²) in [6, 6.07) is 0.483. The predicted molar refractivity (Wildman–Crippen MR) is 78.1 cm³/mol. The van der Waals surface area contributed by atoms with E-state index in [0.717, 1.165) is 25.2 Å². The quantitative estimate of drug-likeness (QED) is 0.863. The van der Waals surface area contributed by atoms with E-state index >= 15 is 0 Å². The van der Waals surface area contributed by atoms with Crippen LogP contribution in [0, 0.1) is 0 Å². The van der Waals surface area contributed by atoms with Crippen molar-refractivity contribution in [3.05, 3.63) is 16.1 Å². The first-order valence-electron chi connectivity index (χ1n) is 6.64. The Labute approximate surface area is 115 Å². The van der Waals surface area contributed by atoms with Gasteiger partial charge in [-0.1, -0.05) is 20.8 Å². The molecule has 0 spiro atoms. The standard InChI is InChI=1S/C14H26N2OS/c1-11(2)16(7-6-8-17)9-12-10-18-13(15-12)14(3,4)5/h10-11,17H,6-9H2,1-5H3. The lowest BCUT2D eigenvalue weighted by Crippen LogP contribution is -2.32. The van der Waals surface area contributed by atoms with E-state index in [1.54, 1.807) is 11.3 Å². The molecule has 0 unspecified atom stereocenters. The molecule has 1 rings (SSSR count). The molecule has 0 aliphatic carbocycles. The zero-order chi connectivity index (χ0) is 13.8. The van der Waals surface area contributed by atoms with Crippen molar-refractivity contribution in [2.75, 3.05) is 13.2 Å². The van der Waals surface area contributed by atoms with Crippen molar-refractivity contribution in [2.24, 2.45) is 0 Å². The van der Waals surface area contributed by atoms with Crippen molar-refractivity contribution < 1.29 is 5.11 Å². The zero-order valence-electron chi connectivity index (χ0n) is 12.2. The Bertz CT molecular complexity index is 355. The molecule has 0 radical (unpaired) electrons. The summed E-state index contributed by atoms with van der Waals surface area (Å²) in [7, 11) is 0. The first kappa shape index (κ1) is 15.6. The van der Waals surface area contributed by atoms with E-state index in [1.165, 1.54) is 5.01 Å². The molecule has 1 aromatic heterocycles. The van der Waals surface area contributed by atoms with Gasteiger partial charge >= 0.3 is 0 Å². The number of aliphatic hydroxyl groups is 1. The van der Waals surface area contributed by atoms with Crippen molar-refractivity contribution in [1.82, 2.24) is 9.88 Å². The predicted octanol–water partition coefficient (Wildman–Crippen LogP) is 3.03. The molecule has 0 bridgehead atoms. The van der Waals surface area contributed by atoms with E-state index in [2.05, 4.69) is 44.9 Å². The molecule has 18 heavy (non-hydrogen) atoms. The maximum atomic E-state index is 8.93. The molecule has 4 heteroatoms. The maximum absolute atomic E-state index is 8.93. The lowest BCUT2D eigenvalue weighted by atomic mass is 9.98. The van der Waals surface area contributed by atoms with Crippen LogP contribution >= 0.6 is 11.3 Å². The first-order valence-corrected chi connectivity index (χ1v) is 7.52. The monoisotopic (exact) mass is 270 g/mol. The topological polar surface area (TPSA) is 36.4 Å². The Kier molecular flexibility index (Phi) is 5.76. The van der Waals surface area contributed by atoms with Gasteiger partial charge in [-0.3, -0.25) is 4.90 Å².